The normalized spacial score (nSPS) is 10.7. The molecule has 0 atom stereocenters. The van der Waals surface area contributed by atoms with E-state index in [2.05, 4.69) is 0 Å². The van der Waals surface area contributed by atoms with Crippen LogP contribution in [0.2, 0.25) is 0 Å². The number of phenols is 1. The molecule has 4 nitrogen and oxygen atoms in total. The summed E-state index contributed by atoms with van der Waals surface area (Å²) in [5, 5.41) is 30.0. The Bertz CT molecular complexity index is 483. The van der Waals surface area contributed by atoms with E-state index in [1.807, 2.05) is 0 Å². The largest absolute Gasteiger partial charge is 0.506 e. The SMILES string of the molecule is Nc1c(B(O)O)cc(O)c2sccc12. The van der Waals surface area contributed by atoms with Crippen molar-refractivity contribution in [1.29, 1.82) is 0 Å². The average molecular weight is 209 g/mol. The number of nitrogen functional groups attached to an aromatic ring is 1. The standard InChI is InChI=1S/C8H8BNO3S/c10-7-4-1-2-14-8(4)6(11)3-5(7)9(12)13/h1-3,11-13H,10H2. The molecule has 0 spiro atoms. The third-order valence-corrected chi connectivity index (χ3v) is 3.01. The van der Waals surface area contributed by atoms with E-state index in [1.165, 1.54) is 17.4 Å². The van der Waals surface area contributed by atoms with E-state index in [0.29, 0.717) is 15.8 Å². The van der Waals surface area contributed by atoms with Crippen molar-refractivity contribution in [2.45, 2.75) is 0 Å². The number of hydrogen-bond donors (Lipinski definition) is 4. The lowest BCUT2D eigenvalue weighted by atomic mass is 9.78. The number of anilines is 1. The van der Waals surface area contributed by atoms with Crippen LogP contribution in [0, 0.1) is 0 Å². The highest BCUT2D eigenvalue weighted by atomic mass is 32.1. The van der Waals surface area contributed by atoms with Crippen LogP contribution in [0.4, 0.5) is 5.69 Å². The van der Waals surface area contributed by atoms with Gasteiger partial charge in [0.05, 0.1) is 4.70 Å². The Hall–Kier alpha value is -1.24. The number of aromatic hydroxyl groups is 1. The van der Waals surface area contributed by atoms with E-state index in [-0.39, 0.29) is 11.2 Å². The van der Waals surface area contributed by atoms with Gasteiger partial charge in [-0.05, 0) is 17.5 Å². The molecule has 5 N–H and O–H groups in total. The van der Waals surface area contributed by atoms with Crippen molar-refractivity contribution in [2.24, 2.45) is 0 Å². The van der Waals surface area contributed by atoms with Crippen LogP contribution in [0.3, 0.4) is 0 Å². The number of thiophene rings is 1. The van der Waals surface area contributed by atoms with E-state index >= 15 is 0 Å². The Kier molecular flexibility index (Phi) is 2.11. The molecule has 6 heteroatoms. The molecule has 1 aromatic heterocycles. The molecule has 0 amide bonds. The van der Waals surface area contributed by atoms with Crippen LogP contribution in [0.5, 0.6) is 5.75 Å². The first-order valence-electron chi connectivity index (χ1n) is 3.96. The molecule has 1 aromatic carbocycles. The van der Waals surface area contributed by atoms with E-state index in [9.17, 15) is 5.11 Å². The predicted molar refractivity (Wildman–Crippen MR) is 57.7 cm³/mol. The summed E-state index contributed by atoms with van der Waals surface area (Å²) in [6, 6.07) is 3.01. The van der Waals surface area contributed by atoms with Crippen LogP contribution < -0.4 is 11.2 Å². The molecule has 1 heterocycles. The van der Waals surface area contributed by atoms with E-state index in [4.69, 9.17) is 15.8 Å². The van der Waals surface area contributed by atoms with Crippen LogP contribution in [0.1, 0.15) is 0 Å². The minimum absolute atomic E-state index is 0.0206. The molecular weight excluding hydrogens is 201 g/mol. The molecule has 0 radical (unpaired) electrons. The first kappa shape index (κ1) is 9.33. The minimum atomic E-state index is -1.66. The monoisotopic (exact) mass is 209 g/mol. The Morgan fingerprint density at radius 3 is 2.71 bits per heavy atom. The molecule has 72 valence electrons. The van der Waals surface area contributed by atoms with Crippen molar-refractivity contribution >= 4 is 39.7 Å². The number of hydrogen-bond acceptors (Lipinski definition) is 5. The van der Waals surface area contributed by atoms with E-state index < -0.39 is 7.12 Å². The molecule has 0 aliphatic carbocycles. The van der Waals surface area contributed by atoms with Gasteiger partial charge in [0.1, 0.15) is 5.75 Å². The van der Waals surface area contributed by atoms with Crippen molar-refractivity contribution in [1.82, 2.24) is 0 Å². The molecule has 2 aromatic rings. The van der Waals surface area contributed by atoms with Crippen LogP contribution in [0.15, 0.2) is 17.5 Å². The fraction of sp³-hybridized carbons (Fsp3) is 0. The number of phenolic OH excluding ortho intramolecular Hbond substituents is 1. The maximum atomic E-state index is 9.55. The zero-order chi connectivity index (χ0) is 10.3. The third kappa shape index (κ3) is 1.24. The van der Waals surface area contributed by atoms with E-state index in [1.54, 1.807) is 11.4 Å². The van der Waals surface area contributed by atoms with Gasteiger partial charge in [-0.25, -0.2) is 0 Å². The lowest BCUT2D eigenvalue weighted by molar-refractivity contribution is 0.425. The van der Waals surface area contributed by atoms with Gasteiger partial charge >= 0.3 is 7.12 Å². The van der Waals surface area contributed by atoms with Gasteiger partial charge in [0.2, 0.25) is 0 Å². The van der Waals surface area contributed by atoms with E-state index in [0.717, 1.165) is 0 Å². The summed E-state index contributed by atoms with van der Waals surface area (Å²) < 4.78 is 0.659. The fourth-order valence-electron chi connectivity index (χ4n) is 1.38. The second-order valence-corrected chi connectivity index (χ2v) is 3.85. The second kappa shape index (κ2) is 3.16. The van der Waals surface area contributed by atoms with Gasteiger partial charge in [0, 0.05) is 16.5 Å². The summed E-state index contributed by atoms with van der Waals surface area (Å²) in [6.45, 7) is 0. The fourth-order valence-corrected chi connectivity index (χ4v) is 2.20. The molecule has 14 heavy (non-hydrogen) atoms. The molecule has 0 aliphatic rings. The molecular formula is C8H8BNO3S. The zero-order valence-corrected chi connectivity index (χ0v) is 7.95. The summed E-state index contributed by atoms with van der Waals surface area (Å²) in [6.07, 6.45) is 0. The molecule has 0 fully saturated rings. The van der Waals surface area contributed by atoms with Crippen molar-refractivity contribution in [2.75, 3.05) is 5.73 Å². The Morgan fingerprint density at radius 2 is 2.07 bits per heavy atom. The summed E-state index contributed by atoms with van der Waals surface area (Å²) >= 11 is 1.36. The minimum Gasteiger partial charge on any atom is -0.506 e. The van der Waals surface area contributed by atoms with Crippen molar-refractivity contribution in [3.05, 3.63) is 17.5 Å². The molecule has 0 saturated heterocycles. The smallest absolute Gasteiger partial charge is 0.490 e. The summed E-state index contributed by atoms with van der Waals surface area (Å²) in [5.74, 6) is 0.0206. The van der Waals surface area contributed by atoms with Gasteiger partial charge in [0.25, 0.3) is 0 Å². The topological polar surface area (TPSA) is 86.7 Å². The third-order valence-electron chi connectivity index (χ3n) is 2.07. The summed E-state index contributed by atoms with van der Waals surface area (Å²) in [7, 11) is -1.66. The summed E-state index contributed by atoms with van der Waals surface area (Å²) in [5.41, 5.74) is 6.14. The Labute approximate surface area is 84.4 Å². The van der Waals surface area contributed by atoms with Crippen molar-refractivity contribution in [3.8, 4) is 5.75 Å². The lowest BCUT2D eigenvalue weighted by Crippen LogP contribution is -2.32. The molecule has 2 rings (SSSR count). The van der Waals surface area contributed by atoms with Gasteiger partial charge < -0.3 is 20.9 Å². The maximum Gasteiger partial charge on any atom is 0.490 e. The highest BCUT2D eigenvalue weighted by molar-refractivity contribution is 7.17. The zero-order valence-electron chi connectivity index (χ0n) is 7.14. The highest BCUT2D eigenvalue weighted by Gasteiger charge is 2.19. The number of benzene rings is 1. The van der Waals surface area contributed by atoms with Gasteiger partial charge in [-0.3, -0.25) is 0 Å². The first-order valence-corrected chi connectivity index (χ1v) is 4.84. The quantitative estimate of drug-likeness (QED) is 0.299. The van der Waals surface area contributed by atoms with Gasteiger partial charge in [-0.1, -0.05) is 0 Å². The van der Waals surface area contributed by atoms with Crippen LogP contribution >= 0.6 is 11.3 Å². The van der Waals surface area contributed by atoms with Crippen LogP contribution in [-0.2, 0) is 0 Å². The van der Waals surface area contributed by atoms with Crippen molar-refractivity contribution < 1.29 is 15.2 Å². The van der Waals surface area contributed by atoms with Crippen LogP contribution in [0.25, 0.3) is 10.1 Å². The number of nitrogens with two attached hydrogens (primary N) is 1. The number of fused-ring (bicyclic) bond motifs is 1. The average Bonchev–Trinajstić information content (AvgIpc) is 2.59. The summed E-state index contributed by atoms with van der Waals surface area (Å²) in [4.78, 5) is 0. The lowest BCUT2D eigenvalue weighted by Gasteiger charge is -2.06. The molecule has 0 saturated carbocycles. The Balaban J connectivity index is 2.82. The van der Waals surface area contributed by atoms with Gasteiger partial charge in [0.15, 0.2) is 0 Å². The molecule has 0 bridgehead atoms. The highest BCUT2D eigenvalue weighted by Crippen LogP contribution is 2.32. The number of rotatable bonds is 1. The Morgan fingerprint density at radius 1 is 1.36 bits per heavy atom. The van der Waals surface area contributed by atoms with Gasteiger partial charge in [-0.2, -0.15) is 0 Å². The van der Waals surface area contributed by atoms with Gasteiger partial charge in [-0.15, -0.1) is 11.3 Å². The second-order valence-electron chi connectivity index (χ2n) is 2.94. The van der Waals surface area contributed by atoms with Crippen molar-refractivity contribution in [3.63, 3.8) is 0 Å². The molecule has 0 aliphatic heterocycles. The first-order chi connectivity index (χ1) is 6.61. The predicted octanol–water partition coefficient (Wildman–Crippen LogP) is -0.131. The van der Waals surface area contributed by atoms with Crippen LogP contribution in [-0.4, -0.2) is 22.3 Å². The maximum absolute atomic E-state index is 9.55. The molecule has 0 unspecified atom stereocenters.